The molecule has 2 aliphatic rings. The number of anilines is 1. The number of piperazine rings is 1. The first-order chi connectivity index (χ1) is 10.2. The lowest BCUT2D eigenvalue weighted by Gasteiger charge is -2.33. The summed E-state index contributed by atoms with van der Waals surface area (Å²) in [5.74, 6) is -0.358. The SMILES string of the molecule is CCN1CCN(c2nc(C3CC3)c(/C=C/C(=O)O)s2)CC1. The number of rotatable bonds is 5. The van der Waals surface area contributed by atoms with E-state index in [4.69, 9.17) is 10.1 Å². The summed E-state index contributed by atoms with van der Waals surface area (Å²) in [6.45, 7) is 7.47. The van der Waals surface area contributed by atoms with Gasteiger partial charge in [-0.15, -0.1) is 0 Å². The molecule has 1 N–H and O–H groups in total. The fourth-order valence-electron chi connectivity index (χ4n) is 2.64. The second-order valence-corrected chi connectivity index (χ2v) is 6.62. The van der Waals surface area contributed by atoms with Crippen LogP contribution in [0.3, 0.4) is 0 Å². The van der Waals surface area contributed by atoms with Crippen molar-refractivity contribution in [1.29, 1.82) is 0 Å². The van der Waals surface area contributed by atoms with Crippen molar-refractivity contribution in [3.05, 3.63) is 16.6 Å². The van der Waals surface area contributed by atoms with Gasteiger partial charge in [-0.3, -0.25) is 0 Å². The third kappa shape index (κ3) is 3.44. The lowest BCUT2D eigenvalue weighted by Crippen LogP contribution is -2.46. The Hall–Kier alpha value is -1.40. The summed E-state index contributed by atoms with van der Waals surface area (Å²) in [7, 11) is 0. The van der Waals surface area contributed by atoms with Crippen LogP contribution in [0.1, 0.15) is 36.3 Å². The van der Waals surface area contributed by atoms with Crippen LogP contribution in [0.15, 0.2) is 6.08 Å². The molecule has 0 aromatic carbocycles. The molecule has 21 heavy (non-hydrogen) atoms. The maximum absolute atomic E-state index is 10.7. The van der Waals surface area contributed by atoms with Crippen LogP contribution < -0.4 is 4.90 Å². The molecular weight excluding hydrogens is 286 g/mol. The highest BCUT2D eigenvalue weighted by Crippen LogP contribution is 2.44. The molecule has 1 aliphatic carbocycles. The van der Waals surface area contributed by atoms with Crippen LogP contribution in [0.2, 0.25) is 0 Å². The monoisotopic (exact) mass is 307 g/mol. The number of nitrogens with zero attached hydrogens (tertiary/aromatic N) is 3. The Bertz CT molecular complexity index is 543. The largest absolute Gasteiger partial charge is 0.478 e. The fraction of sp³-hybridized carbons (Fsp3) is 0.600. The standard InChI is InChI=1S/C15H21N3O2S/c1-2-17-7-9-18(10-8-17)15-16-14(11-3-4-11)12(21-15)5-6-13(19)20/h5-6,11H,2-4,7-10H2,1H3,(H,19,20)/b6-5+. The molecule has 1 aliphatic heterocycles. The lowest BCUT2D eigenvalue weighted by molar-refractivity contribution is -0.131. The second-order valence-electron chi connectivity index (χ2n) is 5.61. The normalized spacial score (nSPS) is 20.3. The average Bonchev–Trinajstić information content (AvgIpc) is 3.25. The molecule has 0 unspecified atom stereocenters. The molecular formula is C15H21N3O2S. The topological polar surface area (TPSA) is 56.7 Å². The Balaban J connectivity index is 1.77. The van der Waals surface area contributed by atoms with Crippen molar-refractivity contribution in [2.75, 3.05) is 37.6 Å². The first kappa shape index (κ1) is 14.5. The van der Waals surface area contributed by atoms with E-state index in [1.54, 1.807) is 17.4 Å². The van der Waals surface area contributed by atoms with Gasteiger partial charge in [-0.1, -0.05) is 18.3 Å². The zero-order valence-electron chi connectivity index (χ0n) is 12.3. The van der Waals surface area contributed by atoms with E-state index in [1.165, 1.54) is 18.9 Å². The Kier molecular flexibility index (Phi) is 4.26. The molecule has 1 aromatic rings. The van der Waals surface area contributed by atoms with Gasteiger partial charge in [0.25, 0.3) is 0 Å². The number of hydrogen-bond acceptors (Lipinski definition) is 5. The van der Waals surface area contributed by atoms with Crippen LogP contribution in [-0.2, 0) is 4.79 Å². The van der Waals surface area contributed by atoms with E-state index in [2.05, 4.69) is 16.7 Å². The molecule has 0 radical (unpaired) electrons. The van der Waals surface area contributed by atoms with E-state index < -0.39 is 5.97 Å². The Labute approximate surface area is 128 Å². The summed E-state index contributed by atoms with van der Waals surface area (Å²) in [4.78, 5) is 21.3. The second kappa shape index (κ2) is 6.15. The van der Waals surface area contributed by atoms with Gasteiger partial charge in [0.05, 0.1) is 10.6 Å². The fourth-order valence-corrected chi connectivity index (χ4v) is 3.74. The first-order valence-corrected chi connectivity index (χ1v) is 8.38. The number of carboxylic acids is 1. The third-order valence-electron chi connectivity index (χ3n) is 4.10. The number of thiazole rings is 1. The maximum atomic E-state index is 10.7. The highest BCUT2D eigenvalue weighted by atomic mass is 32.1. The van der Waals surface area contributed by atoms with Crippen molar-refractivity contribution < 1.29 is 9.90 Å². The number of carboxylic acid groups (broad SMARTS) is 1. The Morgan fingerprint density at radius 3 is 2.67 bits per heavy atom. The summed E-state index contributed by atoms with van der Waals surface area (Å²) in [5, 5.41) is 9.87. The summed E-state index contributed by atoms with van der Waals surface area (Å²) in [6.07, 6.45) is 5.29. The van der Waals surface area contributed by atoms with Crippen LogP contribution in [0, 0.1) is 0 Å². The summed E-state index contributed by atoms with van der Waals surface area (Å²) in [6, 6.07) is 0. The average molecular weight is 307 g/mol. The first-order valence-electron chi connectivity index (χ1n) is 7.56. The highest BCUT2D eigenvalue weighted by Gasteiger charge is 2.30. The van der Waals surface area contributed by atoms with Crippen molar-refractivity contribution >= 4 is 28.5 Å². The van der Waals surface area contributed by atoms with E-state index in [0.717, 1.165) is 48.4 Å². The van der Waals surface area contributed by atoms with Crippen molar-refractivity contribution in [1.82, 2.24) is 9.88 Å². The van der Waals surface area contributed by atoms with E-state index in [-0.39, 0.29) is 0 Å². The minimum Gasteiger partial charge on any atom is -0.478 e. The van der Waals surface area contributed by atoms with Gasteiger partial charge in [0.15, 0.2) is 5.13 Å². The summed E-state index contributed by atoms with van der Waals surface area (Å²) >= 11 is 1.63. The molecule has 3 rings (SSSR count). The predicted octanol–water partition coefficient (Wildman–Crippen LogP) is 2.26. The molecule has 1 saturated heterocycles. The Morgan fingerprint density at radius 2 is 2.10 bits per heavy atom. The minimum atomic E-state index is -0.900. The van der Waals surface area contributed by atoms with Crippen LogP contribution in [0.25, 0.3) is 6.08 Å². The van der Waals surface area contributed by atoms with Gasteiger partial charge in [0.1, 0.15) is 0 Å². The van der Waals surface area contributed by atoms with Gasteiger partial charge in [-0.05, 0) is 25.5 Å². The van der Waals surface area contributed by atoms with Gasteiger partial charge >= 0.3 is 5.97 Å². The van der Waals surface area contributed by atoms with Crippen molar-refractivity contribution in [3.63, 3.8) is 0 Å². The number of aliphatic carboxylic acids is 1. The van der Waals surface area contributed by atoms with Crippen molar-refractivity contribution in [3.8, 4) is 0 Å². The smallest absolute Gasteiger partial charge is 0.328 e. The van der Waals surface area contributed by atoms with E-state index >= 15 is 0 Å². The third-order valence-corrected chi connectivity index (χ3v) is 5.20. The minimum absolute atomic E-state index is 0.542. The van der Waals surface area contributed by atoms with Gasteiger partial charge in [0, 0.05) is 38.2 Å². The summed E-state index contributed by atoms with van der Waals surface area (Å²) in [5.41, 5.74) is 1.10. The number of likely N-dealkylation sites (N-methyl/N-ethyl adjacent to an activating group) is 1. The number of carbonyl (C=O) groups is 1. The molecule has 0 amide bonds. The number of hydrogen-bond donors (Lipinski definition) is 1. The van der Waals surface area contributed by atoms with Crippen LogP contribution >= 0.6 is 11.3 Å². The van der Waals surface area contributed by atoms with Gasteiger partial charge in [0.2, 0.25) is 0 Å². The quantitative estimate of drug-likeness (QED) is 0.846. The molecule has 6 heteroatoms. The molecule has 0 atom stereocenters. The molecule has 2 heterocycles. The molecule has 1 saturated carbocycles. The van der Waals surface area contributed by atoms with Gasteiger partial charge < -0.3 is 14.9 Å². The van der Waals surface area contributed by atoms with E-state index in [9.17, 15) is 4.79 Å². The van der Waals surface area contributed by atoms with Gasteiger partial charge in [-0.25, -0.2) is 9.78 Å². The Morgan fingerprint density at radius 1 is 1.38 bits per heavy atom. The molecule has 1 aromatic heterocycles. The highest BCUT2D eigenvalue weighted by molar-refractivity contribution is 7.16. The zero-order valence-corrected chi connectivity index (χ0v) is 13.1. The van der Waals surface area contributed by atoms with Gasteiger partial charge in [-0.2, -0.15) is 0 Å². The van der Waals surface area contributed by atoms with E-state index in [0.29, 0.717) is 5.92 Å². The number of aromatic nitrogens is 1. The van der Waals surface area contributed by atoms with Crippen LogP contribution in [-0.4, -0.2) is 53.7 Å². The predicted molar refractivity (Wildman–Crippen MR) is 85.1 cm³/mol. The zero-order chi connectivity index (χ0) is 14.8. The van der Waals surface area contributed by atoms with E-state index in [1.807, 2.05) is 0 Å². The molecule has 2 fully saturated rings. The van der Waals surface area contributed by atoms with Crippen LogP contribution in [0.5, 0.6) is 0 Å². The molecule has 5 nitrogen and oxygen atoms in total. The molecule has 0 spiro atoms. The van der Waals surface area contributed by atoms with Crippen LogP contribution in [0.4, 0.5) is 5.13 Å². The van der Waals surface area contributed by atoms with Crippen molar-refractivity contribution in [2.45, 2.75) is 25.7 Å². The summed E-state index contributed by atoms with van der Waals surface area (Å²) < 4.78 is 0. The van der Waals surface area contributed by atoms with Crippen molar-refractivity contribution in [2.24, 2.45) is 0 Å². The lowest BCUT2D eigenvalue weighted by atomic mass is 10.2. The maximum Gasteiger partial charge on any atom is 0.328 e. The molecule has 114 valence electrons. The molecule has 0 bridgehead atoms.